The first-order valence-electron chi connectivity index (χ1n) is 6.25. The first kappa shape index (κ1) is 14.4. The maximum atomic E-state index is 12.3. The van der Waals surface area contributed by atoms with E-state index < -0.39 is 0 Å². The van der Waals surface area contributed by atoms with Gasteiger partial charge in [0.25, 0.3) is 0 Å². The van der Waals surface area contributed by atoms with Gasteiger partial charge in [0, 0.05) is 33.9 Å². The van der Waals surface area contributed by atoms with Gasteiger partial charge in [0.2, 0.25) is 5.91 Å². The van der Waals surface area contributed by atoms with Crippen molar-refractivity contribution >= 4 is 5.91 Å². The molecule has 0 aliphatic carbocycles. The van der Waals surface area contributed by atoms with Crippen molar-refractivity contribution < 1.29 is 14.3 Å². The molecule has 5 nitrogen and oxygen atoms in total. The van der Waals surface area contributed by atoms with E-state index >= 15 is 0 Å². The Kier molecular flexibility index (Phi) is 6.47. The molecule has 1 rings (SSSR count). The lowest BCUT2D eigenvalue weighted by atomic mass is 10.0. The van der Waals surface area contributed by atoms with Gasteiger partial charge in [0.1, 0.15) is 0 Å². The summed E-state index contributed by atoms with van der Waals surface area (Å²) in [7, 11) is 3.31. The number of carbonyl (C=O) groups is 1. The number of hydrogen-bond donors (Lipinski definition) is 0. The lowest BCUT2D eigenvalue weighted by Crippen LogP contribution is -2.57. The minimum Gasteiger partial charge on any atom is -0.383 e. The third-order valence-electron chi connectivity index (χ3n) is 3.26. The van der Waals surface area contributed by atoms with Crippen molar-refractivity contribution in [1.29, 1.82) is 0 Å². The molecular formula is C12H24N2O3. The summed E-state index contributed by atoms with van der Waals surface area (Å²) in [6.07, 6.45) is 0.975. The van der Waals surface area contributed by atoms with Crippen LogP contribution in [0.25, 0.3) is 0 Å². The van der Waals surface area contributed by atoms with Gasteiger partial charge in [-0.05, 0) is 13.0 Å². The second-order valence-corrected chi connectivity index (χ2v) is 4.24. The second kappa shape index (κ2) is 7.63. The quantitative estimate of drug-likeness (QED) is 0.612. The molecule has 100 valence electrons. The summed E-state index contributed by atoms with van der Waals surface area (Å²) in [5.74, 6) is 0.215. The predicted molar refractivity (Wildman–Crippen MR) is 66.0 cm³/mol. The minimum absolute atomic E-state index is 0.0775. The summed E-state index contributed by atoms with van der Waals surface area (Å²) in [5.41, 5.74) is 0. The van der Waals surface area contributed by atoms with Crippen LogP contribution < -0.4 is 0 Å². The number of ether oxygens (including phenoxy) is 2. The Bertz CT molecular complexity index is 226. The monoisotopic (exact) mass is 244 g/mol. The summed E-state index contributed by atoms with van der Waals surface area (Å²) < 4.78 is 10.1. The Hall–Kier alpha value is -0.650. The Morgan fingerprint density at radius 3 is 2.24 bits per heavy atom. The van der Waals surface area contributed by atoms with Crippen LogP contribution in [0.1, 0.15) is 13.3 Å². The van der Waals surface area contributed by atoms with E-state index in [-0.39, 0.29) is 11.9 Å². The van der Waals surface area contributed by atoms with E-state index in [9.17, 15) is 4.79 Å². The highest BCUT2D eigenvalue weighted by atomic mass is 16.5. The largest absolute Gasteiger partial charge is 0.383 e. The fraction of sp³-hybridized carbons (Fsp3) is 0.917. The first-order chi connectivity index (χ1) is 8.24. The van der Waals surface area contributed by atoms with Crippen LogP contribution in [0, 0.1) is 0 Å². The maximum absolute atomic E-state index is 12.3. The molecule has 1 saturated heterocycles. The molecule has 0 unspecified atom stereocenters. The average molecular weight is 244 g/mol. The molecule has 1 heterocycles. The van der Waals surface area contributed by atoms with E-state index in [2.05, 4.69) is 11.8 Å². The van der Waals surface area contributed by atoms with E-state index in [0.717, 1.165) is 19.5 Å². The van der Waals surface area contributed by atoms with Crippen molar-refractivity contribution in [3.63, 3.8) is 0 Å². The minimum atomic E-state index is 0.0775. The third-order valence-corrected chi connectivity index (χ3v) is 3.26. The lowest BCUT2D eigenvalue weighted by Gasteiger charge is -2.41. The lowest BCUT2D eigenvalue weighted by molar-refractivity contribution is -0.142. The molecular weight excluding hydrogens is 220 g/mol. The molecule has 0 aromatic carbocycles. The zero-order chi connectivity index (χ0) is 12.7. The normalized spacial score (nSPS) is 20.1. The summed E-state index contributed by atoms with van der Waals surface area (Å²) in [4.78, 5) is 16.3. The molecule has 1 fully saturated rings. The van der Waals surface area contributed by atoms with Gasteiger partial charge < -0.3 is 14.4 Å². The Morgan fingerprint density at radius 1 is 1.29 bits per heavy atom. The number of likely N-dealkylation sites (N-methyl/N-ethyl adjacent to an activating group) is 1. The Morgan fingerprint density at radius 2 is 1.88 bits per heavy atom. The molecule has 1 atom stereocenters. The van der Waals surface area contributed by atoms with Crippen LogP contribution in [0.3, 0.4) is 0 Å². The summed E-state index contributed by atoms with van der Waals surface area (Å²) in [6, 6.07) is 0.0775. The summed E-state index contributed by atoms with van der Waals surface area (Å²) >= 11 is 0. The number of methoxy groups -OCH3 is 2. The molecule has 0 aromatic heterocycles. The molecule has 0 radical (unpaired) electrons. The number of carbonyl (C=O) groups excluding carboxylic acids is 1. The Labute approximate surface area is 104 Å². The van der Waals surface area contributed by atoms with Crippen LogP contribution in [0.5, 0.6) is 0 Å². The fourth-order valence-electron chi connectivity index (χ4n) is 2.04. The van der Waals surface area contributed by atoms with Crippen molar-refractivity contribution in [3.05, 3.63) is 0 Å². The average Bonchev–Trinajstić information content (AvgIpc) is 2.28. The maximum Gasteiger partial charge on any atom is 0.240 e. The summed E-state index contributed by atoms with van der Waals surface area (Å²) in [5, 5.41) is 0. The highest BCUT2D eigenvalue weighted by Gasteiger charge is 2.35. The number of nitrogens with zero attached hydrogens (tertiary/aromatic N) is 2. The summed E-state index contributed by atoms with van der Waals surface area (Å²) in [6.45, 7) is 6.52. The number of rotatable bonds is 8. The molecule has 1 aliphatic rings. The van der Waals surface area contributed by atoms with Crippen LogP contribution in [0.4, 0.5) is 0 Å². The smallest absolute Gasteiger partial charge is 0.240 e. The van der Waals surface area contributed by atoms with E-state index in [1.54, 1.807) is 14.2 Å². The third kappa shape index (κ3) is 3.94. The van der Waals surface area contributed by atoms with E-state index in [4.69, 9.17) is 9.47 Å². The number of likely N-dealkylation sites (tertiary alicyclic amines) is 1. The van der Waals surface area contributed by atoms with Crippen molar-refractivity contribution in [2.45, 2.75) is 19.4 Å². The zero-order valence-corrected chi connectivity index (χ0v) is 11.1. The topological polar surface area (TPSA) is 42.0 Å². The van der Waals surface area contributed by atoms with Gasteiger partial charge in [-0.1, -0.05) is 6.92 Å². The van der Waals surface area contributed by atoms with Crippen LogP contribution in [-0.2, 0) is 14.3 Å². The van der Waals surface area contributed by atoms with Crippen LogP contribution in [-0.4, -0.2) is 75.4 Å². The molecule has 0 saturated carbocycles. The van der Waals surface area contributed by atoms with Gasteiger partial charge in [0.15, 0.2) is 0 Å². The van der Waals surface area contributed by atoms with Gasteiger partial charge in [-0.3, -0.25) is 9.69 Å². The van der Waals surface area contributed by atoms with Gasteiger partial charge >= 0.3 is 0 Å². The zero-order valence-electron chi connectivity index (χ0n) is 11.1. The van der Waals surface area contributed by atoms with Gasteiger partial charge in [0.05, 0.1) is 19.3 Å². The van der Waals surface area contributed by atoms with Gasteiger partial charge in [-0.2, -0.15) is 0 Å². The van der Waals surface area contributed by atoms with Crippen LogP contribution >= 0.6 is 0 Å². The molecule has 1 amide bonds. The van der Waals surface area contributed by atoms with E-state index in [1.807, 2.05) is 4.90 Å². The van der Waals surface area contributed by atoms with Crippen LogP contribution in [0.15, 0.2) is 0 Å². The second-order valence-electron chi connectivity index (χ2n) is 4.24. The molecule has 0 bridgehead atoms. The fourth-order valence-corrected chi connectivity index (χ4v) is 2.04. The van der Waals surface area contributed by atoms with Gasteiger partial charge in [-0.25, -0.2) is 0 Å². The predicted octanol–water partition coefficient (Wildman–Crippen LogP) is 0.202. The van der Waals surface area contributed by atoms with Gasteiger partial charge in [-0.15, -0.1) is 0 Å². The number of amides is 1. The van der Waals surface area contributed by atoms with Crippen LogP contribution in [0.2, 0.25) is 0 Å². The molecule has 0 aromatic rings. The van der Waals surface area contributed by atoms with Crippen molar-refractivity contribution in [2.24, 2.45) is 0 Å². The van der Waals surface area contributed by atoms with E-state index in [0.29, 0.717) is 26.3 Å². The molecule has 17 heavy (non-hydrogen) atoms. The Balaban J connectivity index is 2.46. The standard InChI is InChI=1S/C12H24N2O3/c1-4-13-6-5-11(13)12(15)14(7-9-16-2)8-10-17-3/h11H,4-10H2,1-3H3/t11-/m0/s1. The van der Waals surface area contributed by atoms with Crippen molar-refractivity contribution in [2.75, 3.05) is 53.6 Å². The highest BCUT2D eigenvalue weighted by Crippen LogP contribution is 2.18. The molecule has 0 spiro atoms. The van der Waals surface area contributed by atoms with E-state index in [1.165, 1.54) is 0 Å². The first-order valence-corrected chi connectivity index (χ1v) is 6.25. The molecule has 1 aliphatic heterocycles. The SMILES string of the molecule is CCN1CC[C@H]1C(=O)N(CCOC)CCOC. The molecule has 5 heteroatoms. The molecule has 0 N–H and O–H groups in total. The van der Waals surface area contributed by atoms with Crippen molar-refractivity contribution in [1.82, 2.24) is 9.80 Å². The highest BCUT2D eigenvalue weighted by molar-refractivity contribution is 5.82. The van der Waals surface area contributed by atoms with Crippen molar-refractivity contribution in [3.8, 4) is 0 Å². The number of hydrogen-bond acceptors (Lipinski definition) is 4.